The Hall–Kier alpha value is -1.92. The largest absolute Gasteiger partial charge is 0.475 e. The predicted molar refractivity (Wildman–Crippen MR) is 57.5 cm³/mol. The Balaban J connectivity index is 2.08. The lowest BCUT2D eigenvalue weighted by Crippen LogP contribution is -2.38. The quantitative estimate of drug-likeness (QED) is 0.792. The molecule has 0 saturated carbocycles. The van der Waals surface area contributed by atoms with Gasteiger partial charge in [0.2, 0.25) is 11.7 Å². The number of nitrogens with zero attached hydrogens (tertiary/aromatic N) is 4. The van der Waals surface area contributed by atoms with Gasteiger partial charge in [0.1, 0.15) is 6.33 Å². The molecular weight excluding hydrogens is 224 g/mol. The van der Waals surface area contributed by atoms with Crippen LogP contribution in [0.5, 0.6) is 0 Å². The van der Waals surface area contributed by atoms with Gasteiger partial charge >= 0.3 is 5.97 Å². The Morgan fingerprint density at radius 2 is 2.06 bits per heavy atom. The zero-order chi connectivity index (χ0) is 12.4. The average molecular weight is 238 g/mol. The topological polar surface area (TPSA) is 88.3 Å². The fourth-order valence-electron chi connectivity index (χ4n) is 2.10. The predicted octanol–water partition coefficient (Wildman–Crippen LogP) is 0.160. The van der Waals surface area contributed by atoms with Crippen molar-refractivity contribution in [2.24, 2.45) is 0 Å². The van der Waals surface area contributed by atoms with Crippen LogP contribution in [-0.4, -0.2) is 49.7 Å². The van der Waals surface area contributed by atoms with Crippen molar-refractivity contribution in [2.75, 3.05) is 13.1 Å². The average Bonchev–Trinajstić information content (AvgIpc) is 2.78. The number of hydrogen-bond acceptors (Lipinski definition) is 4. The number of carboxylic acid groups (broad SMARTS) is 1. The van der Waals surface area contributed by atoms with E-state index in [-0.39, 0.29) is 17.8 Å². The number of aromatic carboxylic acids is 1. The zero-order valence-electron chi connectivity index (χ0n) is 9.54. The summed E-state index contributed by atoms with van der Waals surface area (Å²) in [5, 5.41) is 12.9. The Kier molecular flexibility index (Phi) is 3.08. The molecule has 0 unspecified atom stereocenters. The monoisotopic (exact) mass is 238 g/mol. The minimum Gasteiger partial charge on any atom is -0.475 e. The molecule has 17 heavy (non-hydrogen) atoms. The lowest BCUT2D eigenvalue weighted by Gasteiger charge is -2.31. The molecule has 7 heteroatoms. The maximum absolute atomic E-state index is 11.2. The van der Waals surface area contributed by atoms with Crippen molar-refractivity contribution in [1.82, 2.24) is 19.7 Å². The third-order valence-electron chi connectivity index (χ3n) is 3.02. The molecule has 1 N–H and O–H groups in total. The second-order valence-corrected chi connectivity index (χ2v) is 4.07. The fourth-order valence-corrected chi connectivity index (χ4v) is 2.10. The maximum Gasteiger partial charge on any atom is 0.373 e. The molecule has 0 aliphatic carbocycles. The number of piperidine rings is 1. The van der Waals surface area contributed by atoms with Gasteiger partial charge in [0.25, 0.3) is 0 Å². The summed E-state index contributed by atoms with van der Waals surface area (Å²) in [5.74, 6) is -1.05. The van der Waals surface area contributed by atoms with Crippen LogP contribution in [0.1, 0.15) is 36.4 Å². The molecule has 1 amide bonds. The van der Waals surface area contributed by atoms with Gasteiger partial charge < -0.3 is 10.0 Å². The Morgan fingerprint density at radius 3 is 2.59 bits per heavy atom. The molecule has 1 aliphatic heterocycles. The number of rotatable bonds is 2. The number of carbonyl (C=O) groups excluding carboxylic acids is 1. The molecule has 0 radical (unpaired) electrons. The maximum atomic E-state index is 11.2. The van der Waals surface area contributed by atoms with Gasteiger partial charge in [-0.25, -0.2) is 14.5 Å². The lowest BCUT2D eigenvalue weighted by atomic mass is 10.1. The highest BCUT2D eigenvalue weighted by Gasteiger charge is 2.26. The van der Waals surface area contributed by atoms with Crippen molar-refractivity contribution in [3.05, 3.63) is 12.2 Å². The molecule has 1 aliphatic rings. The van der Waals surface area contributed by atoms with E-state index in [4.69, 9.17) is 5.11 Å². The standard InChI is InChI=1S/C10H14N4O3/c1-7(15)13-4-2-8(3-5-13)14-9(10(16)17)11-6-12-14/h6,8H,2-5H2,1H3,(H,16,17). The van der Waals surface area contributed by atoms with E-state index in [2.05, 4.69) is 10.1 Å². The second kappa shape index (κ2) is 4.52. The van der Waals surface area contributed by atoms with Crippen LogP contribution in [0.3, 0.4) is 0 Å². The molecule has 0 atom stereocenters. The van der Waals surface area contributed by atoms with Crippen LogP contribution in [0.25, 0.3) is 0 Å². The van der Waals surface area contributed by atoms with E-state index in [1.54, 1.807) is 11.8 Å². The van der Waals surface area contributed by atoms with Crippen LogP contribution in [0, 0.1) is 0 Å². The molecule has 1 fully saturated rings. The van der Waals surface area contributed by atoms with Crippen molar-refractivity contribution >= 4 is 11.9 Å². The summed E-state index contributed by atoms with van der Waals surface area (Å²) < 4.78 is 1.44. The van der Waals surface area contributed by atoms with E-state index in [1.165, 1.54) is 11.0 Å². The van der Waals surface area contributed by atoms with Gasteiger partial charge in [-0.15, -0.1) is 0 Å². The minimum atomic E-state index is -1.07. The Bertz CT molecular complexity index is 435. The highest BCUT2D eigenvalue weighted by molar-refractivity contribution is 5.83. The first kappa shape index (κ1) is 11.6. The van der Waals surface area contributed by atoms with Gasteiger partial charge in [-0.3, -0.25) is 4.79 Å². The summed E-state index contributed by atoms with van der Waals surface area (Å²) in [6.45, 7) is 2.82. The molecule has 2 rings (SSSR count). The third kappa shape index (κ3) is 2.27. The first-order valence-corrected chi connectivity index (χ1v) is 5.48. The molecule has 7 nitrogen and oxygen atoms in total. The van der Waals surface area contributed by atoms with E-state index in [1.807, 2.05) is 0 Å². The summed E-state index contributed by atoms with van der Waals surface area (Å²) in [6.07, 6.45) is 2.67. The van der Waals surface area contributed by atoms with Crippen LogP contribution in [0.4, 0.5) is 0 Å². The van der Waals surface area contributed by atoms with E-state index < -0.39 is 5.97 Å². The number of carboxylic acids is 1. The van der Waals surface area contributed by atoms with Crippen molar-refractivity contribution in [3.8, 4) is 0 Å². The summed E-state index contributed by atoms with van der Waals surface area (Å²) in [7, 11) is 0. The van der Waals surface area contributed by atoms with Crippen LogP contribution in [0.2, 0.25) is 0 Å². The molecular formula is C10H14N4O3. The van der Waals surface area contributed by atoms with E-state index in [0.717, 1.165) is 0 Å². The summed E-state index contributed by atoms with van der Waals surface area (Å²) in [5.41, 5.74) is 0. The number of aromatic nitrogens is 3. The molecule has 1 saturated heterocycles. The molecule has 0 spiro atoms. The van der Waals surface area contributed by atoms with Crippen molar-refractivity contribution in [3.63, 3.8) is 0 Å². The fraction of sp³-hybridized carbons (Fsp3) is 0.600. The molecule has 2 heterocycles. The zero-order valence-corrected chi connectivity index (χ0v) is 9.54. The van der Waals surface area contributed by atoms with Gasteiger partial charge in [-0.2, -0.15) is 5.10 Å². The highest BCUT2D eigenvalue weighted by atomic mass is 16.4. The first-order valence-electron chi connectivity index (χ1n) is 5.48. The van der Waals surface area contributed by atoms with Gasteiger partial charge in [0.05, 0.1) is 6.04 Å². The third-order valence-corrected chi connectivity index (χ3v) is 3.02. The lowest BCUT2D eigenvalue weighted by molar-refractivity contribution is -0.130. The molecule has 0 bridgehead atoms. The summed E-state index contributed by atoms with van der Waals surface area (Å²) in [6, 6.07) is 0.0131. The summed E-state index contributed by atoms with van der Waals surface area (Å²) in [4.78, 5) is 27.5. The first-order chi connectivity index (χ1) is 8.09. The smallest absolute Gasteiger partial charge is 0.373 e. The summed E-state index contributed by atoms with van der Waals surface area (Å²) >= 11 is 0. The highest BCUT2D eigenvalue weighted by Crippen LogP contribution is 2.22. The molecule has 1 aromatic rings. The number of likely N-dealkylation sites (tertiary alicyclic amines) is 1. The van der Waals surface area contributed by atoms with Crippen LogP contribution in [-0.2, 0) is 4.79 Å². The van der Waals surface area contributed by atoms with E-state index in [9.17, 15) is 9.59 Å². The number of amides is 1. The SMILES string of the molecule is CC(=O)N1CCC(n2ncnc2C(=O)O)CC1. The van der Waals surface area contributed by atoms with Crippen LogP contribution in [0.15, 0.2) is 6.33 Å². The van der Waals surface area contributed by atoms with E-state index >= 15 is 0 Å². The molecule has 1 aromatic heterocycles. The van der Waals surface area contributed by atoms with Gasteiger partial charge in [0.15, 0.2) is 0 Å². The van der Waals surface area contributed by atoms with Gasteiger partial charge in [-0.05, 0) is 12.8 Å². The molecule has 0 aromatic carbocycles. The van der Waals surface area contributed by atoms with Crippen molar-refractivity contribution < 1.29 is 14.7 Å². The Morgan fingerprint density at radius 1 is 1.41 bits per heavy atom. The van der Waals surface area contributed by atoms with Gasteiger partial charge in [-0.1, -0.05) is 0 Å². The van der Waals surface area contributed by atoms with Crippen LogP contribution >= 0.6 is 0 Å². The van der Waals surface area contributed by atoms with E-state index in [0.29, 0.717) is 25.9 Å². The van der Waals surface area contributed by atoms with Crippen molar-refractivity contribution in [2.45, 2.75) is 25.8 Å². The van der Waals surface area contributed by atoms with Crippen LogP contribution < -0.4 is 0 Å². The number of hydrogen-bond donors (Lipinski definition) is 1. The Labute approximate surface area is 98.0 Å². The van der Waals surface area contributed by atoms with Gasteiger partial charge in [0, 0.05) is 20.0 Å². The van der Waals surface area contributed by atoms with Crippen molar-refractivity contribution in [1.29, 1.82) is 0 Å². The second-order valence-electron chi connectivity index (χ2n) is 4.07. The minimum absolute atomic E-state index is 0.0131. The molecule has 92 valence electrons. The number of carbonyl (C=O) groups is 2. The normalized spacial score (nSPS) is 17.1.